The summed E-state index contributed by atoms with van der Waals surface area (Å²) >= 11 is 11.8. The summed E-state index contributed by atoms with van der Waals surface area (Å²) in [4.78, 5) is 25.6. The van der Waals surface area contributed by atoms with Gasteiger partial charge in [-0.2, -0.15) is 13.2 Å². The third-order valence-corrected chi connectivity index (χ3v) is 6.49. The fraction of sp³-hybridized carbons (Fsp3) is 0.0714. The van der Waals surface area contributed by atoms with E-state index >= 15 is 0 Å². The summed E-state index contributed by atoms with van der Waals surface area (Å²) in [7, 11) is 0. The Hall–Kier alpha value is -4.01. The molecule has 0 saturated heterocycles. The second-order valence-electron chi connectivity index (χ2n) is 8.28. The smallest absolute Gasteiger partial charge is 0.450 e. The lowest BCUT2D eigenvalue weighted by Gasteiger charge is -2.15. The number of hydrogen-bond donors (Lipinski definition) is 1. The average molecular weight is 558 g/mol. The average Bonchev–Trinajstić information content (AvgIpc) is 2.88. The monoisotopic (exact) mass is 557 g/mol. The summed E-state index contributed by atoms with van der Waals surface area (Å²) in [5, 5.41) is 4.24. The van der Waals surface area contributed by atoms with E-state index in [0.717, 1.165) is 6.07 Å². The van der Waals surface area contributed by atoms with Gasteiger partial charge in [-0.05, 0) is 46.7 Å². The van der Waals surface area contributed by atoms with E-state index in [-0.39, 0.29) is 27.3 Å². The van der Waals surface area contributed by atoms with Crippen molar-refractivity contribution in [3.63, 3.8) is 0 Å². The number of halogens is 5. The van der Waals surface area contributed by atoms with E-state index in [1.807, 2.05) is 0 Å². The Kier molecular flexibility index (Phi) is 6.77. The molecule has 1 N–H and O–H groups in total. The molecule has 192 valence electrons. The van der Waals surface area contributed by atoms with Crippen molar-refractivity contribution in [2.75, 3.05) is 11.9 Å². The SMILES string of the molecule is O=C(COc1ccc2c(=O)c(-c3cccc4ccccc34)c(C(F)(F)F)oc2c1)Nc1ccc(Cl)c(Cl)c1. The molecule has 1 heterocycles. The quantitative estimate of drug-likeness (QED) is 0.238. The molecular formula is C28H16Cl2F3NO4. The zero-order chi connectivity index (χ0) is 27.0. The third-order valence-electron chi connectivity index (χ3n) is 5.75. The van der Waals surface area contributed by atoms with Crippen molar-refractivity contribution < 1.29 is 27.1 Å². The van der Waals surface area contributed by atoms with E-state index in [0.29, 0.717) is 21.5 Å². The number of amides is 1. The van der Waals surface area contributed by atoms with Gasteiger partial charge in [0, 0.05) is 11.8 Å². The number of alkyl halides is 3. The number of rotatable bonds is 5. The highest BCUT2D eigenvalue weighted by Crippen LogP contribution is 2.39. The Morgan fingerprint density at radius 3 is 2.42 bits per heavy atom. The first kappa shape index (κ1) is 25.6. The molecule has 4 aromatic carbocycles. The summed E-state index contributed by atoms with van der Waals surface area (Å²) in [5.41, 5.74) is -1.23. The normalized spacial score (nSPS) is 11.6. The minimum Gasteiger partial charge on any atom is -0.484 e. The number of carbonyl (C=O) groups excluding carboxylic acids is 1. The van der Waals surface area contributed by atoms with Crippen LogP contribution in [-0.4, -0.2) is 12.5 Å². The molecule has 0 bridgehead atoms. The molecule has 0 aliphatic rings. The molecule has 5 nitrogen and oxygen atoms in total. The van der Waals surface area contributed by atoms with Gasteiger partial charge in [0.2, 0.25) is 11.2 Å². The van der Waals surface area contributed by atoms with Gasteiger partial charge in [-0.25, -0.2) is 0 Å². The standard InChI is InChI=1S/C28H16Cl2F3NO4/c29-21-11-8-16(12-22(21)30)34-24(35)14-37-17-9-10-20-23(13-17)38-27(28(31,32)33)25(26(20)36)19-7-3-5-15-4-1-2-6-18(15)19/h1-13H,14H2,(H,34,35). The van der Waals surface area contributed by atoms with E-state index in [4.69, 9.17) is 32.4 Å². The van der Waals surface area contributed by atoms with Crippen LogP contribution in [0.15, 0.2) is 88.1 Å². The van der Waals surface area contributed by atoms with E-state index < -0.39 is 35.4 Å². The Labute approximate surface area is 223 Å². The van der Waals surface area contributed by atoms with Gasteiger partial charge in [0.05, 0.1) is 21.0 Å². The first-order valence-electron chi connectivity index (χ1n) is 11.2. The molecule has 0 aliphatic carbocycles. The topological polar surface area (TPSA) is 68.5 Å². The van der Waals surface area contributed by atoms with Gasteiger partial charge in [0.1, 0.15) is 11.3 Å². The maximum absolute atomic E-state index is 14.1. The summed E-state index contributed by atoms with van der Waals surface area (Å²) in [6.07, 6.45) is -4.95. The molecule has 5 aromatic rings. The Balaban J connectivity index is 1.49. The highest BCUT2D eigenvalue weighted by atomic mass is 35.5. The molecule has 0 radical (unpaired) electrons. The number of hydrogen-bond acceptors (Lipinski definition) is 4. The minimum absolute atomic E-state index is 0.0379. The lowest BCUT2D eigenvalue weighted by molar-refractivity contribution is -0.152. The zero-order valence-electron chi connectivity index (χ0n) is 19.2. The molecule has 5 rings (SSSR count). The fourth-order valence-electron chi connectivity index (χ4n) is 4.07. The molecule has 10 heteroatoms. The van der Waals surface area contributed by atoms with Gasteiger partial charge in [0.15, 0.2) is 6.61 Å². The van der Waals surface area contributed by atoms with E-state index in [9.17, 15) is 22.8 Å². The van der Waals surface area contributed by atoms with Crippen LogP contribution in [0.3, 0.4) is 0 Å². The molecule has 0 atom stereocenters. The first-order valence-corrected chi connectivity index (χ1v) is 11.9. The number of ether oxygens (including phenoxy) is 1. The largest absolute Gasteiger partial charge is 0.484 e. The van der Waals surface area contributed by atoms with E-state index in [2.05, 4.69) is 5.32 Å². The van der Waals surface area contributed by atoms with Crippen LogP contribution in [0.25, 0.3) is 32.9 Å². The molecular weight excluding hydrogens is 542 g/mol. The van der Waals surface area contributed by atoms with Gasteiger partial charge < -0.3 is 14.5 Å². The number of anilines is 1. The highest BCUT2D eigenvalue weighted by Gasteiger charge is 2.39. The lowest BCUT2D eigenvalue weighted by atomic mass is 9.96. The second-order valence-corrected chi connectivity index (χ2v) is 9.10. The van der Waals surface area contributed by atoms with Gasteiger partial charge >= 0.3 is 6.18 Å². The van der Waals surface area contributed by atoms with Crippen LogP contribution in [0, 0.1) is 0 Å². The van der Waals surface area contributed by atoms with Crippen molar-refractivity contribution in [3.05, 3.63) is 105 Å². The summed E-state index contributed by atoms with van der Waals surface area (Å²) in [6, 6.07) is 20.0. The van der Waals surface area contributed by atoms with E-state index in [1.54, 1.807) is 42.5 Å². The predicted molar refractivity (Wildman–Crippen MR) is 141 cm³/mol. The van der Waals surface area contributed by atoms with Gasteiger partial charge in [-0.1, -0.05) is 65.7 Å². The van der Waals surface area contributed by atoms with Crippen LogP contribution >= 0.6 is 23.2 Å². The van der Waals surface area contributed by atoms with Gasteiger partial charge in [0.25, 0.3) is 5.91 Å². The van der Waals surface area contributed by atoms with Crippen molar-refractivity contribution in [2.45, 2.75) is 6.18 Å². The molecule has 0 spiro atoms. The highest BCUT2D eigenvalue weighted by molar-refractivity contribution is 6.42. The molecule has 0 unspecified atom stereocenters. The van der Waals surface area contributed by atoms with Crippen LogP contribution < -0.4 is 15.5 Å². The molecule has 1 aromatic heterocycles. The van der Waals surface area contributed by atoms with Crippen LogP contribution in [0.4, 0.5) is 18.9 Å². The number of nitrogens with one attached hydrogen (secondary N) is 1. The maximum atomic E-state index is 14.1. The minimum atomic E-state index is -4.95. The van der Waals surface area contributed by atoms with E-state index in [1.165, 1.54) is 30.3 Å². The molecule has 0 fully saturated rings. The van der Waals surface area contributed by atoms with Crippen molar-refractivity contribution >= 4 is 56.5 Å². The summed E-state index contributed by atoms with van der Waals surface area (Å²) in [6.45, 7) is -0.462. The second kappa shape index (κ2) is 10.0. The van der Waals surface area contributed by atoms with Gasteiger partial charge in [-0.3, -0.25) is 9.59 Å². The van der Waals surface area contributed by atoms with Crippen LogP contribution in [-0.2, 0) is 11.0 Å². The fourth-order valence-corrected chi connectivity index (χ4v) is 4.37. The van der Waals surface area contributed by atoms with Crippen LogP contribution in [0.1, 0.15) is 5.76 Å². The Bertz CT molecular complexity index is 1760. The number of carbonyl (C=O) groups is 1. The first-order chi connectivity index (χ1) is 18.1. The van der Waals surface area contributed by atoms with Crippen molar-refractivity contribution in [1.29, 1.82) is 0 Å². The number of fused-ring (bicyclic) bond motifs is 2. The Morgan fingerprint density at radius 2 is 1.66 bits per heavy atom. The van der Waals surface area contributed by atoms with Crippen molar-refractivity contribution in [1.82, 2.24) is 0 Å². The summed E-state index contributed by atoms with van der Waals surface area (Å²) in [5.74, 6) is -1.93. The predicted octanol–water partition coefficient (Wildman–Crippen LogP) is 7.96. The molecule has 38 heavy (non-hydrogen) atoms. The Morgan fingerprint density at radius 1 is 0.895 bits per heavy atom. The van der Waals surface area contributed by atoms with Gasteiger partial charge in [-0.15, -0.1) is 0 Å². The molecule has 0 saturated carbocycles. The maximum Gasteiger partial charge on any atom is 0.450 e. The molecule has 1 amide bonds. The third kappa shape index (κ3) is 5.05. The molecule has 0 aliphatic heterocycles. The van der Waals surface area contributed by atoms with Crippen LogP contribution in [0.5, 0.6) is 5.75 Å². The van der Waals surface area contributed by atoms with Crippen molar-refractivity contribution in [3.8, 4) is 16.9 Å². The number of benzene rings is 4. The lowest BCUT2D eigenvalue weighted by Crippen LogP contribution is -2.20. The van der Waals surface area contributed by atoms with Crippen molar-refractivity contribution in [2.24, 2.45) is 0 Å². The summed E-state index contributed by atoms with van der Waals surface area (Å²) < 4.78 is 53.1. The zero-order valence-corrected chi connectivity index (χ0v) is 20.7. The van der Waals surface area contributed by atoms with Crippen LogP contribution in [0.2, 0.25) is 10.0 Å².